The average molecular weight is 323 g/mol. The molecule has 0 fully saturated rings. The number of rotatable bonds is 3. The number of sulfonamides is 1. The maximum atomic E-state index is 12.3. The van der Waals surface area contributed by atoms with Crippen molar-refractivity contribution in [2.24, 2.45) is 0 Å². The Morgan fingerprint density at radius 3 is 2.62 bits per heavy atom. The fourth-order valence-corrected chi connectivity index (χ4v) is 3.06. The van der Waals surface area contributed by atoms with Gasteiger partial charge in [-0.1, -0.05) is 17.7 Å². The highest BCUT2D eigenvalue weighted by molar-refractivity contribution is 7.92. The van der Waals surface area contributed by atoms with Crippen molar-refractivity contribution in [2.45, 2.75) is 11.8 Å². The lowest BCUT2D eigenvalue weighted by Gasteiger charge is -2.11. The fraction of sp³-hybridized carbons (Fsp3) is 0.0714. The van der Waals surface area contributed by atoms with Crippen LogP contribution in [0.1, 0.15) is 11.1 Å². The highest BCUT2D eigenvalue weighted by Gasteiger charge is 2.17. The van der Waals surface area contributed by atoms with Gasteiger partial charge in [0, 0.05) is 0 Å². The first-order valence-electron chi connectivity index (χ1n) is 5.86. The molecular formula is C14H11ClN2O3S. The number of halogens is 1. The Bertz CT molecular complexity index is 842. The molecule has 0 saturated heterocycles. The number of aryl methyl sites for hydroxylation is 1. The molecule has 2 aromatic rings. The molecule has 0 aromatic heterocycles. The van der Waals surface area contributed by atoms with E-state index in [1.165, 1.54) is 36.4 Å². The minimum absolute atomic E-state index is 0.00150. The topological polar surface area (TPSA) is 90.2 Å². The number of benzene rings is 2. The van der Waals surface area contributed by atoms with Crippen molar-refractivity contribution in [1.29, 1.82) is 5.26 Å². The molecule has 2 rings (SSSR count). The van der Waals surface area contributed by atoms with Crippen LogP contribution in [0, 0.1) is 18.3 Å². The Kier molecular flexibility index (Phi) is 4.07. The quantitative estimate of drug-likeness (QED) is 0.850. The zero-order valence-electron chi connectivity index (χ0n) is 11.0. The molecule has 0 atom stereocenters. The standard InChI is InChI=1S/C14H11ClN2O3S/c1-9-7-11(6-5-10(9)8-16)21(19,20)17-13-4-2-3-12(15)14(13)18/h2-7,17-18H,1H3. The van der Waals surface area contributed by atoms with Crippen molar-refractivity contribution in [3.63, 3.8) is 0 Å². The summed E-state index contributed by atoms with van der Waals surface area (Å²) in [6, 6.07) is 10.5. The zero-order chi connectivity index (χ0) is 15.6. The van der Waals surface area contributed by atoms with Gasteiger partial charge in [-0.3, -0.25) is 4.72 Å². The molecule has 0 spiro atoms. The molecule has 0 saturated carbocycles. The van der Waals surface area contributed by atoms with Gasteiger partial charge in [0.1, 0.15) is 0 Å². The van der Waals surface area contributed by atoms with E-state index in [2.05, 4.69) is 4.72 Å². The largest absolute Gasteiger partial charge is 0.504 e. The van der Waals surface area contributed by atoms with Gasteiger partial charge in [0.05, 0.1) is 27.2 Å². The third-order valence-electron chi connectivity index (χ3n) is 2.86. The van der Waals surface area contributed by atoms with Gasteiger partial charge < -0.3 is 5.11 Å². The van der Waals surface area contributed by atoms with Crippen molar-refractivity contribution >= 4 is 27.3 Å². The van der Waals surface area contributed by atoms with E-state index < -0.39 is 10.0 Å². The van der Waals surface area contributed by atoms with Crippen LogP contribution in [0.5, 0.6) is 5.75 Å². The summed E-state index contributed by atoms with van der Waals surface area (Å²) in [7, 11) is -3.88. The lowest BCUT2D eigenvalue weighted by molar-refractivity contribution is 0.478. The third-order valence-corrected chi connectivity index (χ3v) is 4.53. The number of hydrogen-bond acceptors (Lipinski definition) is 4. The third kappa shape index (κ3) is 3.10. The fourth-order valence-electron chi connectivity index (χ4n) is 1.73. The maximum Gasteiger partial charge on any atom is 0.262 e. The minimum Gasteiger partial charge on any atom is -0.504 e. The second-order valence-electron chi connectivity index (χ2n) is 4.33. The summed E-state index contributed by atoms with van der Waals surface area (Å²) in [5.74, 6) is -0.340. The molecule has 5 nitrogen and oxygen atoms in total. The predicted octanol–water partition coefficient (Wildman–Crippen LogP) is 3.03. The van der Waals surface area contributed by atoms with Gasteiger partial charge in [-0.25, -0.2) is 8.42 Å². The van der Waals surface area contributed by atoms with Crippen LogP contribution in [0.3, 0.4) is 0 Å². The lowest BCUT2D eigenvalue weighted by atomic mass is 10.1. The Morgan fingerprint density at radius 1 is 1.29 bits per heavy atom. The summed E-state index contributed by atoms with van der Waals surface area (Å²) in [4.78, 5) is -0.00150. The molecule has 108 valence electrons. The summed E-state index contributed by atoms with van der Waals surface area (Å²) >= 11 is 5.73. The normalized spacial score (nSPS) is 10.9. The van der Waals surface area contributed by atoms with Crippen molar-refractivity contribution in [3.8, 4) is 11.8 Å². The van der Waals surface area contributed by atoms with Gasteiger partial charge in [-0.15, -0.1) is 0 Å². The van der Waals surface area contributed by atoms with E-state index in [0.717, 1.165) is 0 Å². The number of anilines is 1. The van der Waals surface area contributed by atoms with Crippen LogP contribution in [0.25, 0.3) is 0 Å². The number of aromatic hydroxyl groups is 1. The van der Waals surface area contributed by atoms with Crippen LogP contribution in [0.4, 0.5) is 5.69 Å². The summed E-state index contributed by atoms with van der Waals surface area (Å²) < 4.78 is 26.8. The number of phenols is 1. The number of nitrogens with one attached hydrogen (secondary N) is 1. The second-order valence-corrected chi connectivity index (χ2v) is 6.42. The molecule has 0 radical (unpaired) electrons. The second kappa shape index (κ2) is 5.64. The highest BCUT2D eigenvalue weighted by Crippen LogP contribution is 2.32. The van der Waals surface area contributed by atoms with E-state index in [0.29, 0.717) is 11.1 Å². The average Bonchev–Trinajstić information content (AvgIpc) is 2.43. The molecular weight excluding hydrogens is 312 g/mol. The van der Waals surface area contributed by atoms with E-state index in [-0.39, 0.29) is 21.4 Å². The zero-order valence-corrected chi connectivity index (χ0v) is 12.5. The van der Waals surface area contributed by atoms with Gasteiger partial charge in [0.25, 0.3) is 10.0 Å². The highest BCUT2D eigenvalue weighted by atomic mass is 35.5. The van der Waals surface area contributed by atoms with Crippen LogP contribution in [0.15, 0.2) is 41.3 Å². The SMILES string of the molecule is Cc1cc(S(=O)(=O)Nc2cccc(Cl)c2O)ccc1C#N. The van der Waals surface area contributed by atoms with Gasteiger partial charge in [-0.05, 0) is 42.8 Å². The Morgan fingerprint density at radius 2 is 2.00 bits per heavy atom. The molecule has 0 aliphatic rings. The molecule has 2 N–H and O–H groups in total. The van der Waals surface area contributed by atoms with Gasteiger partial charge in [0.15, 0.2) is 5.75 Å². The number of para-hydroxylation sites is 1. The van der Waals surface area contributed by atoms with Crippen molar-refractivity contribution in [1.82, 2.24) is 0 Å². The summed E-state index contributed by atoms with van der Waals surface area (Å²) in [5.41, 5.74) is 0.944. The summed E-state index contributed by atoms with van der Waals surface area (Å²) in [6.45, 7) is 1.65. The van der Waals surface area contributed by atoms with Crippen LogP contribution in [-0.4, -0.2) is 13.5 Å². The Hall–Kier alpha value is -2.23. The molecule has 2 aromatic carbocycles. The molecule has 0 aliphatic heterocycles. The van der Waals surface area contributed by atoms with Crippen LogP contribution in [0.2, 0.25) is 5.02 Å². The number of nitriles is 1. The van der Waals surface area contributed by atoms with E-state index >= 15 is 0 Å². The molecule has 0 heterocycles. The van der Waals surface area contributed by atoms with Gasteiger partial charge >= 0.3 is 0 Å². The number of phenolic OH excluding ortho intramolecular Hbond substituents is 1. The summed E-state index contributed by atoms with van der Waals surface area (Å²) in [5, 5.41) is 18.6. The maximum absolute atomic E-state index is 12.3. The van der Waals surface area contributed by atoms with Gasteiger partial charge in [0.2, 0.25) is 0 Å². The Balaban J connectivity index is 2.41. The van der Waals surface area contributed by atoms with Crippen molar-refractivity contribution in [2.75, 3.05) is 4.72 Å². The van der Waals surface area contributed by atoms with Crippen LogP contribution < -0.4 is 4.72 Å². The predicted molar refractivity (Wildman–Crippen MR) is 79.8 cm³/mol. The van der Waals surface area contributed by atoms with Crippen molar-refractivity contribution < 1.29 is 13.5 Å². The Labute approximate surface area is 127 Å². The molecule has 7 heteroatoms. The monoisotopic (exact) mass is 322 g/mol. The molecule has 0 bridgehead atoms. The minimum atomic E-state index is -3.88. The molecule has 0 unspecified atom stereocenters. The number of nitrogens with zero attached hydrogens (tertiary/aromatic N) is 1. The number of hydrogen-bond donors (Lipinski definition) is 2. The first-order valence-corrected chi connectivity index (χ1v) is 7.72. The van der Waals surface area contributed by atoms with E-state index in [4.69, 9.17) is 16.9 Å². The van der Waals surface area contributed by atoms with Crippen LogP contribution >= 0.6 is 11.6 Å². The van der Waals surface area contributed by atoms with Gasteiger partial charge in [-0.2, -0.15) is 5.26 Å². The molecule has 0 amide bonds. The molecule has 21 heavy (non-hydrogen) atoms. The lowest BCUT2D eigenvalue weighted by Crippen LogP contribution is -2.13. The van der Waals surface area contributed by atoms with E-state index in [9.17, 15) is 13.5 Å². The first-order chi connectivity index (χ1) is 9.85. The van der Waals surface area contributed by atoms with E-state index in [1.807, 2.05) is 6.07 Å². The first kappa shape index (κ1) is 15.2. The molecule has 0 aliphatic carbocycles. The van der Waals surface area contributed by atoms with E-state index in [1.54, 1.807) is 6.92 Å². The van der Waals surface area contributed by atoms with Crippen LogP contribution in [-0.2, 0) is 10.0 Å². The van der Waals surface area contributed by atoms with Crippen molar-refractivity contribution in [3.05, 3.63) is 52.5 Å². The smallest absolute Gasteiger partial charge is 0.262 e. The summed E-state index contributed by atoms with van der Waals surface area (Å²) in [6.07, 6.45) is 0.